The van der Waals surface area contributed by atoms with Crippen LogP contribution in [-0.4, -0.2) is 18.5 Å². The Morgan fingerprint density at radius 3 is 2.56 bits per heavy atom. The summed E-state index contributed by atoms with van der Waals surface area (Å²) in [6, 6.07) is 0.406. The standard InChI is InChI=1S/C15H30N2O/c1-12-6-4-5-7-13(12)17-14(18)8-9-15(2,3)10-11-16/h12-13H,4-11,16H2,1-3H3,(H,17,18). The normalized spacial score (nSPS) is 24.9. The Morgan fingerprint density at radius 1 is 1.28 bits per heavy atom. The van der Waals surface area contributed by atoms with E-state index < -0.39 is 0 Å². The molecule has 0 heterocycles. The smallest absolute Gasteiger partial charge is 0.220 e. The number of rotatable bonds is 6. The van der Waals surface area contributed by atoms with Gasteiger partial charge in [-0.2, -0.15) is 0 Å². The molecule has 18 heavy (non-hydrogen) atoms. The van der Waals surface area contributed by atoms with Crippen LogP contribution in [0.25, 0.3) is 0 Å². The van der Waals surface area contributed by atoms with Gasteiger partial charge in [-0.1, -0.05) is 33.6 Å². The van der Waals surface area contributed by atoms with Gasteiger partial charge in [0, 0.05) is 12.5 Å². The maximum Gasteiger partial charge on any atom is 0.220 e. The van der Waals surface area contributed by atoms with Crippen molar-refractivity contribution in [2.75, 3.05) is 6.54 Å². The molecule has 106 valence electrons. The van der Waals surface area contributed by atoms with Gasteiger partial charge in [-0.05, 0) is 43.6 Å². The molecule has 3 N–H and O–H groups in total. The molecule has 0 aromatic rings. The molecule has 1 saturated carbocycles. The lowest BCUT2D eigenvalue weighted by Crippen LogP contribution is -2.41. The number of nitrogens with one attached hydrogen (secondary N) is 1. The Hall–Kier alpha value is -0.570. The van der Waals surface area contributed by atoms with Crippen LogP contribution < -0.4 is 11.1 Å². The van der Waals surface area contributed by atoms with Crippen molar-refractivity contribution >= 4 is 5.91 Å². The highest BCUT2D eigenvalue weighted by molar-refractivity contribution is 5.76. The van der Waals surface area contributed by atoms with Crippen molar-refractivity contribution in [2.45, 2.75) is 71.8 Å². The number of hydrogen-bond donors (Lipinski definition) is 2. The molecule has 1 aliphatic rings. The van der Waals surface area contributed by atoms with Gasteiger partial charge in [-0.3, -0.25) is 4.79 Å². The van der Waals surface area contributed by atoms with Gasteiger partial charge in [-0.15, -0.1) is 0 Å². The van der Waals surface area contributed by atoms with Crippen molar-refractivity contribution in [1.82, 2.24) is 5.32 Å². The van der Waals surface area contributed by atoms with E-state index in [1.54, 1.807) is 0 Å². The van der Waals surface area contributed by atoms with Gasteiger partial charge >= 0.3 is 0 Å². The number of hydrogen-bond acceptors (Lipinski definition) is 2. The van der Waals surface area contributed by atoms with Gasteiger partial charge < -0.3 is 11.1 Å². The van der Waals surface area contributed by atoms with E-state index in [2.05, 4.69) is 26.1 Å². The van der Waals surface area contributed by atoms with Crippen molar-refractivity contribution in [3.63, 3.8) is 0 Å². The summed E-state index contributed by atoms with van der Waals surface area (Å²) in [5.41, 5.74) is 5.77. The maximum absolute atomic E-state index is 12.0. The number of amides is 1. The fourth-order valence-electron chi connectivity index (χ4n) is 2.78. The molecule has 1 aliphatic carbocycles. The lowest BCUT2D eigenvalue weighted by Gasteiger charge is -2.30. The molecule has 0 aliphatic heterocycles. The summed E-state index contributed by atoms with van der Waals surface area (Å²) >= 11 is 0. The fourth-order valence-corrected chi connectivity index (χ4v) is 2.78. The van der Waals surface area contributed by atoms with E-state index in [0.717, 1.165) is 19.3 Å². The van der Waals surface area contributed by atoms with Crippen LogP contribution in [0.15, 0.2) is 0 Å². The van der Waals surface area contributed by atoms with E-state index in [1.807, 2.05) is 0 Å². The number of carbonyl (C=O) groups excluding carboxylic acids is 1. The third-order valence-corrected chi connectivity index (χ3v) is 4.31. The van der Waals surface area contributed by atoms with Gasteiger partial charge in [-0.25, -0.2) is 0 Å². The van der Waals surface area contributed by atoms with Crippen molar-refractivity contribution in [3.05, 3.63) is 0 Å². The first-order chi connectivity index (χ1) is 8.44. The topological polar surface area (TPSA) is 55.1 Å². The summed E-state index contributed by atoms with van der Waals surface area (Å²) in [6.45, 7) is 7.34. The third kappa shape index (κ3) is 5.38. The van der Waals surface area contributed by atoms with Crippen LogP contribution in [0.4, 0.5) is 0 Å². The predicted octanol–water partition coefficient (Wildman–Crippen LogP) is 2.84. The zero-order valence-corrected chi connectivity index (χ0v) is 12.3. The summed E-state index contributed by atoms with van der Waals surface area (Å²) in [5, 5.41) is 3.21. The summed E-state index contributed by atoms with van der Waals surface area (Å²) < 4.78 is 0. The van der Waals surface area contributed by atoms with Crippen LogP contribution in [0.2, 0.25) is 0 Å². The molecular formula is C15H30N2O. The van der Waals surface area contributed by atoms with E-state index >= 15 is 0 Å². The lowest BCUT2D eigenvalue weighted by molar-refractivity contribution is -0.122. The highest BCUT2D eigenvalue weighted by Gasteiger charge is 2.24. The quantitative estimate of drug-likeness (QED) is 0.766. The van der Waals surface area contributed by atoms with Crippen molar-refractivity contribution in [3.8, 4) is 0 Å². The Bertz CT molecular complexity index is 263. The molecule has 3 nitrogen and oxygen atoms in total. The van der Waals surface area contributed by atoms with Crippen LogP contribution >= 0.6 is 0 Å². The van der Waals surface area contributed by atoms with E-state index in [4.69, 9.17) is 5.73 Å². The average molecular weight is 254 g/mol. The Morgan fingerprint density at radius 2 is 1.94 bits per heavy atom. The monoisotopic (exact) mass is 254 g/mol. The first kappa shape index (κ1) is 15.5. The van der Waals surface area contributed by atoms with Crippen LogP contribution in [-0.2, 0) is 4.79 Å². The van der Waals surface area contributed by atoms with Crippen molar-refractivity contribution in [2.24, 2.45) is 17.1 Å². The van der Waals surface area contributed by atoms with Crippen LogP contribution in [0.1, 0.15) is 65.7 Å². The first-order valence-electron chi connectivity index (χ1n) is 7.44. The van der Waals surface area contributed by atoms with Gasteiger partial charge in [0.1, 0.15) is 0 Å². The lowest BCUT2D eigenvalue weighted by atomic mass is 9.83. The maximum atomic E-state index is 12.0. The van der Waals surface area contributed by atoms with Crippen LogP contribution in [0.5, 0.6) is 0 Å². The number of carbonyl (C=O) groups is 1. The summed E-state index contributed by atoms with van der Waals surface area (Å²) in [7, 11) is 0. The molecule has 0 saturated heterocycles. The minimum absolute atomic E-state index is 0.185. The first-order valence-corrected chi connectivity index (χ1v) is 7.44. The molecule has 0 bridgehead atoms. The van der Waals surface area contributed by atoms with Crippen LogP contribution in [0.3, 0.4) is 0 Å². The summed E-state index contributed by atoms with van der Waals surface area (Å²) in [5.74, 6) is 0.860. The zero-order valence-electron chi connectivity index (χ0n) is 12.3. The molecule has 0 aromatic heterocycles. The highest BCUT2D eigenvalue weighted by Crippen LogP contribution is 2.27. The molecule has 0 aromatic carbocycles. The van der Waals surface area contributed by atoms with E-state index in [1.165, 1.54) is 19.3 Å². The minimum atomic E-state index is 0.185. The minimum Gasteiger partial charge on any atom is -0.353 e. The average Bonchev–Trinajstić information content (AvgIpc) is 2.30. The molecular weight excluding hydrogens is 224 g/mol. The van der Waals surface area contributed by atoms with Crippen molar-refractivity contribution < 1.29 is 4.79 Å². The number of nitrogens with two attached hydrogens (primary N) is 1. The van der Waals surface area contributed by atoms with E-state index in [9.17, 15) is 4.79 Å². The molecule has 1 amide bonds. The SMILES string of the molecule is CC1CCCCC1NC(=O)CCC(C)(C)CCN. The molecule has 2 unspecified atom stereocenters. The second-order valence-electron chi connectivity index (χ2n) is 6.64. The fraction of sp³-hybridized carbons (Fsp3) is 0.933. The third-order valence-electron chi connectivity index (χ3n) is 4.31. The molecule has 3 heteroatoms. The zero-order chi connectivity index (χ0) is 13.6. The molecule has 0 spiro atoms. The Balaban J connectivity index is 2.28. The van der Waals surface area contributed by atoms with Gasteiger partial charge in [0.15, 0.2) is 0 Å². The van der Waals surface area contributed by atoms with E-state index in [-0.39, 0.29) is 11.3 Å². The molecule has 1 fully saturated rings. The van der Waals surface area contributed by atoms with Crippen LogP contribution in [0, 0.1) is 11.3 Å². The predicted molar refractivity (Wildman–Crippen MR) is 76.2 cm³/mol. The molecule has 1 rings (SSSR count). The largest absolute Gasteiger partial charge is 0.353 e. The second kappa shape index (κ2) is 7.13. The Kier molecular flexibility index (Phi) is 6.13. The van der Waals surface area contributed by atoms with Gasteiger partial charge in [0.25, 0.3) is 0 Å². The summed E-state index contributed by atoms with van der Waals surface area (Å²) in [4.78, 5) is 12.0. The van der Waals surface area contributed by atoms with Gasteiger partial charge in [0.05, 0.1) is 0 Å². The van der Waals surface area contributed by atoms with E-state index in [0.29, 0.717) is 24.9 Å². The molecule has 2 atom stereocenters. The van der Waals surface area contributed by atoms with Crippen molar-refractivity contribution in [1.29, 1.82) is 0 Å². The van der Waals surface area contributed by atoms with Gasteiger partial charge in [0.2, 0.25) is 5.91 Å². The highest BCUT2D eigenvalue weighted by atomic mass is 16.1. The Labute approximate surface area is 112 Å². The molecule has 0 radical (unpaired) electrons. The second-order valence-corrected chi connectivity index (χ2v) is 6.64. The summed E-state index contributed by atoms with van der Waals surface area (Å²) in [6.07, 6.45) is 7.53.